The molecule has 1 aromatic carbocycles. The third-order valence-electron chi connectivity index (χ3n) is 2.51. The number of ether oxygens (including phenoxy) is 2. The molecule has 0 saturated carbocycles. The molecule has 0 unspecified atom stereocenters. The third-order valence-corrected chi connectivity index (χ3v) is 2.90. The van der Waals surface area contributed by atoms with Crippen molar-refractivity contribution in [2.75, 3.05) is 26.2 Å². The molecule has 16 heavy (non-hydrogen) atoms. The van der Waals surface area contributed by atoms with Crippen LogP contribution in [0.2, 0.25) is 0 Å². The molecule has 0 heterocycles. The molecule has 1 rings (SSSR count). The summed E-state index contributed by atoms with van der Waals surface area (Å²) in [6.45, 7) is 3.00. The molecule has 90 valence electrons. The van der Waals surface area contributed by atoms with Crippen LogP contribution in [-0.4, -0.2) is 26.2 Å². The van der Waals surface area contributed by atoms with Gasteiger partial charge in [0.25, 0.3) is 0 Å². The van der Waals surface area contributed by atoms with Crippen molar-refractivity contribution in [1.29, 1.82) is 0 Å². The van der Waals surface area contributed by atoms with Crippen LogP contribution in [0.15, 0.2) is 12.1 Å². The second kappa shape index (κ2) is 6.76. The van der Waals surface area contributed by atoms with Crippen LogP contribution < -0.4 is 14.8 Å². The monoisotopic (exact) mass is 287 g/mol. The van der Waals surface area contributed by atoms with Gasteiger partial charge in [-0.05, 0) is 30.5 Å². The molecule has 0 bridgehead atoms. The van der Waals surface area contributed by atoms with Crippen molar-refractivity contribution in [2.24, 2.45) is 0 Å². The Morgan fingerprint density at radius 3 is 2.56 bits per heavy atom. The smallest absolute Gasteiger partial charge is 0.126 e. The summed E-state index contributed by atoms with van der Waals surface area (Å²) in [5.41, 5.74) is 3.24. The predicted molar refractivity (Wildman–Crippen MR) is 69.8 cm³/mol. The first kappa shape index (κ1) is 13.3. The van der Waals surface area contributed by atoms with Gasteiger partial charge in [-0.15, -0.1) is 0 Å². The molecule has 1 aromatic rings. The molecule has 0 amide bonds. The summed E-state index contributed by atoms with van der Waals surface area (Å²) in [5, 5.41) is 3.23. The van der Waals surface area contributed by atoms with Gasteiger partial charge in [0.05, 0.1) is 19.7 Å². The molecule has 0 aliphatic heterocycles. The lowest BCUT2D eigenvalue weighted by Crippen LogP contribution is -2.15. The molecule has 0 atom stereocenters. The van der Waals surface area contributed by atoms with Crippen LogP contribution in [0, 0.1) is 6.92 Å². The van der Waals surface area contributed by atoms with Crippen molar-refractivity contribution in [3.05, 3.63) is 23.3 Å². The van der Waals surface area contributed by atoms with E-state index in [1.807, 2.05) is 12.1 Å². The standard InChI is InChI=1S/C12H18BrNO2/c1-9-6-10(15-2)7-12(16-3)11(9)4-5-14-8-13/h6-7,14H,4-5,8H2,1-3H3. The molecule has 1 N–H and O–H groups in total. The van der Waals surface area contributed by atoms with Gasteiger partial charge < -0.3 is 14.8 Å². The minimum absolute atomic E-state index is 0.810. The molecule has 0 saturated heterocycles. The Balaban J connectivity index is 2.88. The van der Waals surface area contributed by atoms with E-state index in [1.54, 1.807) is 14.2 Å². The molecule has 3 nitrogen and oxygen atoms in total. The largest absolute Gasteiger partial charge is 0.497 e. The average molecular weight is 288 g/mol. The number of aryl methyl sites for hydroxylation is 1. The number of alkyl halides is 1. The summed E-state index contributed by atoms with van der Waals surface area (Å²) < 4.78 is 10.6. The first-order valence-electron chi connectivity index (χ1n) is 5.21. The van der Waals surface area contributed by atoms with Crippen LogP contribution in [0.25, 0.3) is 0 Å². The lowest BCUT2D eigenvalue weighted by molar-refractivity contribution is 0.390. The minimum Gasteiger partial charge on any atom is -0.497 e. The van der Waals surface area contributed by atoms with Crippen LogP contribution in [0.5, 0.6) is 11.5 Å². The maximum atomic E-state index is 5.38. The Bertz CT molecular complexity index is 342. The van der Waals surface area contributed by atoms with Crippen LogP contribution in [0.1, 0.15) is 11.1 Å². The zero-order valence-corrected chi connectivity index (χ0v) is 11.6. The summed E-state index contributed by atoms with van der Waals surface area (Å²) in [4.78, 5) is 0. The summed E-state index contributed by atoms with van der Waals surface area (Å²) in [5.74, 6) is 1.74. The van der Waals surface area contributed by atoms with Gasteiger partial charge in [0, 0.05) is 12.6 Å². The molecule has 4 heteroatoms. The van der Waals surface area contributed by atoms with E-state index in [-0.39, 0.29) is 0 Å². The number of hydrogen-bond acceptors (Lipinski definition) is 3. The molecule has 0 fully saturated rings. The van der Waals surface area contributed by atoms with Crippen molar-refractivity contribution < 1.29 is 9.47 Å². The summed E-state index contributed by atoms with van der Waals surface area (Å²) in [7, 11) is 3.36. The average Bonchev–Trinajstić information content (AvgIpc) is 2.30. The summed E-state index contributed by atoms with van der Waals surface area (Å²) in [6.07, 6.45) is 0.949. The molecule has 0 aliphatic rings. The SMILES string of the molecule is COc1cc(C)c(CCNCBr)c(OC)c1. The maximum Gasteiger partial charge on any atom is 0.126 e. The Morgan fingerprint density at radius 1 is 1.25 bits per heavy atom. The zero-order chi connectivity index (χ0) is 12.0. The number of rotatable bonds is 6. The Morgan fingerprint density at radius 2 is 2.00 bits per heavy atom. The molecule has 0 radical (unpaired) electrons. The Kier molecular flexibility index (Phi) is 5.63. The minimum atomic E-state index is 0.810. The zero-order valence-electron chi connectivity index (χ0n) is 9.97. The van der Waals surface area contributed by atoms with E-state index in [4.69, 9.17) is 9.47 Å². The summed E-state index contributed by atoms with van der Waals surface area (Å²) in [6, 6.07) is 3.96. The van der Waals surface area contributed by atoms with E-state index in [9.17, 15) is 0 Å². The molecule has 0 spiro atoms. The number of benzene rings is 1. The fraction of sp³-hybridized carbons (Fsp3) is 0.500. The number of halogens is 1. The van der Waals surface area contributed by atoms with Gasteiger partial charge in [0.15, 0.2) is 0 Å². The second-order valence-electron chi connectivity index (χ2n) is 3.51. The van der Waals surface area contributed by atoms with E-state index in [2.05, 4.69) is 28.2 Å². The van der Waals surface area contributed by atoms with E-state index in [0.717, 1.165) is 29.9 Å². The lowest BCUT2D eigenvalue weighted by atomic mass is 10.0. The van der Waals surface area contributed by atoms with E-state index >= 15 is 0 Å². The van der Waals surface area contributed by atoms with Crippen molar-refractivity contribution in [1.82, 2.24) is 5.32 Å². The highest BCUT2D eigenvalue weighted by atomic mass is 79.9. The summed E-state index contributed by atoms with van der Waals surface area (Å²) >= 11 is 3.34. The van der Waals surface area contributed by atoms with E-state index in [0.29, 0.717) is 0 Å². The fourth-order valence-electron chi connectivity index (χ4n) is 1.65. The van der Waals surface area contributed by atoms with Crippen LogP contribution >= 0.6 is 15.9 Å². The van der Waals surface area contributed by atoms with Gasteiger partial charge >= 0.3 is 0 Å². The van der Waals surface area contributed by atoms with E-state index in [1.165, 1.54) is 11.1 Å². The van der Waals surface area contributed by atoms with Gasteiger partial charge in [0.1, 0.15) is 11.5 Å². The normalized spacial score (nSPS) is 10.2. The molecular formula is C12H18BrNO2. The van der Waals surface area contributed by atoms with Crippen LogP contribution in [0.3, 0.4) is 0 Å². The number of hydrogen-bond donors (Lipinski definition) is 1. The van der Waals surface area contributed by atoms with Gasteiger partial charge in [-0.2, -0.15) is 0 Å². The lowest BCUT2D eigenvalue weighted by Gasteiger charge is -2.13. The molecular weight excluding hydrogens is 270 g/mol. The molecule has 0 aromatic heterocycles. The fourth-order valence-corrected chi connectivity index (χ4v) is 1.93. The van der Waals surface area contributed by atoms with Crippen molar-refractivity contribution in [2.45, 2.75) is 13.3 Å². The van der Waals surface area contributed by atoms with Crippen LogP contribution in [-0.2, 0) is 6.42 Å². The van der Waals surface area contributed by atoms with Gasteiger partial charge in [-0.25, -0.2) is 0 Å². The first-order valence-corrected chi connectivity index (χ1v) is 6.33. The van der Waals surface area contributed by atoms with Gasteiger partial charge in [-0.3, -0.25) is 0 Å². The quantitative estimate of drug-likeness (QED) is 0.495. The Hall–Kier alpha value is -0.740. The highest BCUT2D eigenvalue weighted by molar-refractivity contribution is 9.09. The third kappa shape index (κ3) is 3.39. The van der Waals surface area contributed by atoms with Gasteiger partial charge in [0.2, 0.25) is 0 Å². The van der Waals surface area contributed by atoms with Crippen LogP contribution in [0.4, 0.5) is 0 Å². The predicted octanol–water partition coefficient (Wildman–Crippen LogP) is 2.50. The van der Waals surface area contributed by atoms with Gasteiger partial charge in [-0.1, -0.05) is 15.9 Å². The Labute approximate surface area is 105 Å². The highest BCUT2D eigenvalue weighted by Crippen LogP contribution is 2.28. The number of nitrogens with one attached hydrogen (secondary N) is 1. The van der Waals surface area contributed by atoms with Crippen molar-refractivity contribution in [3.63, 3.8) is 0 Å². The first-order chi connectivity index (χ1) is 7.72. The maximum absolute atomic E-state index is 5.38. The second-order valence-corrected chi connectivity index (χ2v) is 4.07. The topological polar surface area (TPSA) is 30.5 Å². The number of methoxy groups -OCH3 is 2. The van der Waals surface area contributed by atoms with Crippen molar-refractivity contribution >= 4 is 15.9 Å². The van der Waals surface area contributed by atoms with Crippen molar-refractivity contribution in [3.8, 4) is 11.5 Å². The highest BCUT2D eigenvalue weighted by Gasteiger charge is 2.08. The molecule has 0 aliphatic carbocycles. The van der Waals surface area contributed by atoms with E-state index < -0.39 is 0 Å².